The fraction of sp³-hybridized carbons (Fsp3) is 0.212. The van der Waals surface area contributed by atoms with Crippen LogP contribution in [-0.4, -0.2) is 32.3 Å². The first-order valence-electron chi connectivity index (χ1n) is 13.6. The molecule has 0 aliphatic heterocycles. The number of benzene rings is 3. The van der Waals surface area contributed by atoms with Crippen molar-refractivity contribution in [3.63, 3.8) is 0 Å². The Morgan fingerprint density at radius 1 is 0.583 bits per heavy atom. The number of alkyl halides is 10. The minimum Gasteiger partial charge on any atom is -0.304 e. The van der Waals surface area contributed by atoms with Gasteiger partial charge in [0.1, 0.15) is 0 Å². The van der Waals surface area contributed by atoms with E-state index in [9.17, 15) is 43.9 Å². The molecule has 0 unspecified atom stereocenters. The van der Waals surface area contributed by atoms with E-state index in [0.29, 0.717) is 5.56 Å². The summed E-state index contributed by atoms with van der Waals surface area (Å²) in [5, 5.41) is 0. The van der Waals surface area contributed by atoms with Gasteiger partial charge in [-0.1, -0.05) is 83.8 Å². The standard InChI is InChI=1S/C33H21F10N4.Ir/c1-17-12-18(2)14-22(13-17)24-6-4-5-7-25(24)23-10-8-20(15-19(23)3)26-11-9-21(16-44-26)27-45-28(30(34,35)32(38,39)40)47-29(46-27)31(36,37)33(41,42)43;/h4-7,9-16H,1-3H3;/q-1;. The molecule has 0 bridgehead atoms. The van der Waals surface area contributed by atoms with E-state index in [1.54, 1.807) is 12.1 Å². The van der Waals surface area contributed by atoms with Crippen molar-refractivity contribution >= 4 is 0 Å². The van der Waals surface area contributed by atoms with Gasteiger partial charge in [0.15, 0.2) is 5.82 Å². The zero-order chi connectivity index (χ0) is 34.5. The molecule has 15 heteroatoms. The molecule has 48 heavy (non-hydrogen) atoms. The third-order valence-corrected chi connectivity index (χ3v) is 7.11. The second-order valence-corrected chi connectivity index (χ2v) is 10.7. The quantitative estimate of drug-likeness (QED) is 0.126. The molecule has 0 fully saturated rings. The monoisotopic (exact) mass is 856 g/mol. The van der Waals surface area contributed by atoms with Crippen LogP contribution in [0.15, 0.2) is 72.9 Å². The van der Waals surface area contributed by atoms with Crippen LogP contribution in [0, 0.1) is 26.8 Å². The van der Waals surface area contributed by atoms with Gasteiger partial charge in [0.2, 0.25) is 11.6 Å². The summed E-state index contributed by atoms with van der Waals surface area (Å²) < 4.78 is 134. The number of rotatable bonds is 6. The van der Waals surface area contributed by atoms with E-state index in [1.807, 2.05) is 45.0 Å². The van der Waals surface area contributed by atoms with E-state index < -0.39 is 47.2 Å². The summed E-state index contributed by atoms with van der Waals surface area (Å²) in [6, 6.07) is 22.8. The number of pyridine rings is 1. The van der Waals surface area contributed by atoms with Crippen molar-refractivity contribution in [2.45, 2.75) is 45.0 Å². The summed E-state index contributed by atoms with van der Waals surface area (Å²) in [4.78, 5) is 12.1. The maximum Gasteiger partial charge on any atom is 0.461 e. The van der Waals surface area contributed by atoms with Crippen molar-refractivity contribution in [3.8, 4) is 44.9 Å². The minimum atomic E-state index is -6.40. The number of aromatic nitrogens is 4. The fourth-order valence-electron chi connectivity index (χ4n) is 4.86. The third kappa shape index (κ3) is 6.97. The van der Waals surface area contributed by atoms with Crippen LogP contribution in [0.1, 0.15) is 28.3 Å². The van der Waals surface area contributed by atoms with Crippen molar-refractivity contribution in [2.75, 3.05) is 0 Å². The number of hydrogen-bond acceptors (Lipinski definition) is 4. The zero-order valence-electron chi connectivity index (χ0n) is 24.8. The molecule has 0 aliphatic rings. The first-order valence-corrected chi connectivity index (χ1v) is 13.6. The Morgan fingerprint density at radius 2 is 1.12 bits per heavy atom. The normalized spacial score (nSPS) is 12.5. The predicted octanol–water partition coefficient (Wildman–Crippen LogP) is 9.97. The molecule has 2 aromatic heterocycles. The van der Waals surface area contributed by atoms with Gasteiger partial charge >= 0.3 is 24.2 Å². The van der Waals surface area contributed by atoms with Crippen LogP contribution in [0.5, 0.6) is 0 Å². The van der Waals surface area contributed by atoms with Crippen molar-refractivity contribution < 1.29 is 64.0 Å². The number of hydrogen-bond donors (Lipinski definition) is 0. The van der Waals surface area contributed by atoms with Crippen LogP contribution in [0.3, 0.4) is 0 Å². The number of nitrogens with zero attached hydrogens (tertiary/aromatic N) is 4. The van der Waals surface area contributed by atoms with Gasteiger partial charge in [-0.3, -0.25) is 0 Å². The second-order valence-electron chi connectivity index (χ2n) is 10.7. The van der Waals surface area contributed by atoms with Crippen molar-refractivity contribution in [1.29, 1.82) is 0 Å². The maximum absolute atomic E-state index is 14.0. The van der Waals surface area contributed by atoms with E-state index in [1.165, 1.54) is 6.07 Å². The van der Waals surface area contributed by atoms with Crippen molar-refractivity contribution in [3.05, 3.63) is 107 Å². The van der Waals surface area contributed by atoms with Crippen LogP contribution in [0.2, 0.25) is 0 Å². The summed E-state index contributed by atoms with van der Waals surface area (Å²) in [6.45, 7) is 5.84. The smallest absolute Gasteiger partial charge is 0.304 e. The second kappa shape index (κ2) is 13.0. The van der Waals surface area contributed by atoms with Gasteiger partial charge in [0, 0.05) is 31.9 Å². The first kappa shape index (κ1) is 36.6. The van der Waals surface area contributed by atoms with Gasteiger partial charge in [0.05, 0.1) is 0 Å². The van der Waals surface area contributed by atoms with Gasteiger partial charge < -0.3 is 4.98 Å². The molecular formula is C33H21F10IrN4-. The van der Waals surface area contributed by atoms with Gasteiger partial charge in [-0.25, -0.2) is 15.0 Å². The molecule has 0 saturated carbocycles. The summed E-state index contributed by atoms with van der Waals surface area (Å²) in [5.74, 6) is -18.5. The summed E-state index contributed by atoms with van der Waals surface area (Å²) in [5.41, 5.74) is 6.87. The van der Waals surface area contributed by atoms with E-state index in [2.05, 4.69) is 44.2 Å². The zero-order valence-corrected chi connectivity index (χ0v) is 27.2. The molecule has 0 aliphatic carbocycles. The molecule has 4 nitrogen and oxygen atoms in total. The summed E-state index contributed by atoms with van der Waals surface area (Å²) in [7, 11) is 0. The van der Waals surface area contributed by atoms with Crippen LogP contribution < -0.4 is 0 Å². The molecule has 5 aromatic rings. The Bertz CT molecular complexity index is 1890. The summed E-state index contributed by atoms with van der Waals surface area (Å²) in [6.07, 6.45) is -12.0. The fourth-order valence-corrected chi connectivity index (χ4v) is 4.86. The van der Waals surface area contributed by atoms with Crippen molar-refractivity contribution in [2.24, 2.45) is 0 Å². The number of aryl methyl sites for hydroxylation is 3. The molecule has 0 amide bonds. The average Bonchev–Trinajstić information content (AvgIpc) is 2.99. The molecule has 0 atom stereocenters. The Hall–Kier alpha value is -4.23. The molecular weight excluding hydrogens is 835 g/mol. The first-order chi connectivity index (χ1) is 21.8. The molecule has 253 valence electrons. The predicted molar refractivity (Wildman–Crippen MR) is 152 cm³/mol. The van der Waals surface area contributed by atoms with Crippen LogP contribution in [0.4, 0.5) is 43.9 Å². The molecule has 1 radical (unpaired) electrons. The van der Waals surface area contributed by atoms with Crippen LogP contribution >= 0.6 is 0 Å². The van der Waals surface area contributed by atoms with Gasteiger partial charge in [-0.05, 0) is 30.7 Å². The topological polar surface area (TPSA) is 51.6 Å². The summed E-state index contributed by atoms with van der Waals surface area (Å²) >= 11 is 0. The minimum absolute atomic E-state index is 0. The van der Waals surface area contributed by atoms with Crippen LogP contribution in [0.25, 0.3) is 44.9 Å². The van der Waals surface area contributed by atoms with E-state index in [0.717, 1.165) is 51.2 Å². The SMILES string of the molecule is Cc1cc(C)cc(-c2ccccc2-c2c[c-]c(-c3ccc(-c4nc(C(F)(F)C(F)(F)F)nc(C(F)(F)C(F)(F)F)n4)cn3)cc2C)c1.[Ir]. The third-order valence-electron chi connectivity index (χ3n) is 7.11. The van der Waals surface area contributed by atoms with E-state index >= 15 is 0 Å². The van der Waals surface area contributed by atoms with Gasteiger partial charge in [-0.2, -0.15) is 43.9 Å². The molecule has 2 heterocycles. The Balaban J connectivity index is 0.00000520. The molecule has 5 rings (SSSR count). The Labute approximate surface area is 280 Å². The average molecular weight is 856 g/mol. The van der Waals surface area contributed by atoms with Crippen molar-refractivity contribution in [1.82, 2.24) is 19.9 Å². The van der Waals surface area contributed by atoms with Gasteiger partial charge in [0.25, 0.3) is 0 Å². The van der Waals surface area contributed by atoms with Crippen LogP contribution in [-0.2, 0) is 32.0 Å². The Kier molecular flexibility index (Phi) is 9.91. The largest absolute Gasteiger partial charge is 0.461 e. The van der Waals surface area contributed by atoms with E-state index in [4.69, 9.17) is 0 Å². The molecule has 0 N–H and O–H groups in total. The molecule has 3 aromatic carbocycles. The molecule has 0 saturated heterocycles. The van der Waals surface area contributed by atoms with E-state index in [-0.39, 0.29) is 25.8 Å². The number of halogens is 10. The Morgan fingerprint density at radius 3 is 1.60 bits per heavy atom. The maximum atomic E-state index is 14.0. The molecule has 0 spiro atoms. The van der Waals surface area contributed by atoms with Gasteiger partial charge in [-0.15, -0.1) is 29.3 Å².